The molecule has 0 saturated heterocycles. The second kappa shape index (κ2) is 9.38. The van der Waals surface area contributed by atoms with Crippen LogP contribution in [0.25, 0.3) is 10.2 Å². The Morgan fingerprint density at radius 3 is 2.45 bits per heavy atom. The van der Waals surface area contributed by atoms with Crippen LogP contribution in [0, 0.1) is 0 Å². The van der Waals surface area contributed by atoms with Gasteiger partial charge in [-0.1, -0.05) is 53.3 Å². The van der Waals surface area contributed by atoms with Crippen LogP contribution >= 0.6 is 22.9 Å². The standard InChI is InChI=1S/C23H20ClN3O4S2/c1-2-26-20-13-12-16(14-21(20)32-23(26)29)25-22(28)15-27(19-11-7-6-10-18(19)24)33(30,31)17-8-4-3-5-9-17/h3-14H,2,15H2,1H3,(H,25,28). The molecule has 0 saturated carbocycles. The summed E-state index contributed by atoms with van der Waals surface area (Å²) < 4.78 is 30.1. The van der Waals surface area contributed by atoms with Gasteiger partial charge in [-0.2, -0.15) is 0 Å². The Labute approximate surface area is 199 Å². The Balaban J connectivity index is 1.65. The van der Waals surface area contributed by atoms with Crippen molar-refractivity contribution in [2.45, 2.75) is 18.4 Å². The predicted molar refractivity (Wildman–Crippen MR) is 133 cm³/mol. The molecule has 0 aliphatic rings. The topological polar surface area (TPSA) is 88.5 Å². The van der Waals surface area contributed by atoms with Crippen molar-refractivity contribution >= 4 is 60.5 Å². The second-order valence-electron chi connectivity index (χ2n) is 7.12. The summed E-state index contributed by atoms with van der Waals surface area (Å²) >= 11 is 7.38. The summed E-state index contributed by atoms with van der Waals surface area (Å²) in [6.07, 6.45) is 0. The summed E-state index contributed by atoms with van der Waals surface area (Å²) in [6.45, 7) is 1.96. The average Bonchev–Trinajstić information content (AvgIpc) is 3.12. The third-order valence-corrected chi connectivity index (χ3v) is 8.04. The van der Waals surface area contributed by atoms with Gasteiger partial charge in [-0.3, -0.25) is 18.5 Å². The van der Waals surface area contributed by atoms with E-state index in [1.54, 1.807) is 65.2 Å². The number of para-hydroxylation sites is 1. The first kappa shape index (κ1) is 23.0. The minimum Gasteiger partial charge on any atom is -0.324 e. The molecule has 7 nitrogen and oxygen atoms in total. The molecule has 4 aromatic rings. The highest BCUT2D eigenvalue weighted by Gasteiger charge is 2.28. The Morgan fingerprint density at radius 1 is 1.06 bits per heavy atom. The number of fused-ring (bicyclic) bond motifs is 1. The van der Waals surface area contributed by atoms with E-state index < -0.39 is 22.5 Å². The molecule has 4 rings (SSSR count). The van der Waals surface area contributed by atoms with Gasteiger partial charge in [-0.15, -0.1) is 0 Å². The van der Waals surface area contributed by atoms with Crippen molar-refractivity contribution in [1.82, 2.24) is 4.57 Å². The third kappa shape index (κ3) is 4.66. The summed E-state index contributed by atoms with van der Waals surface area (Å²) in [5, 5.41) is 2.94. The van der Waals surface area contributed by atoms with Crippen molar-refractivity contribution in [3.8, 4) is 0 Å². The number of carbonyl (C=O) groups is 1. The number of halogens is 1. The van der Waals surface area contributed by atoms with E-state index in [0.717, 1.165) is 25.9 Å². The molecule has 0 aliphatic heterocycles. The lowest BCUT2D eigenvalue weighted by Crippen LogP contribution is -2.38. The summed E-state index contributed by atoms with van der Waals surface area (Å²) in [5.41, 5.74) is 1.45. The number of carbonyl (C=O) groups excluding carboxylic acids is 1. The van der Waals surface area contributed by atoms with E-state index >= 15 is 0 Å². The number of hydrogen-bond acceptors (Lipinski definition) is 5. The Morgan fingerprint density at radius 2 is 1.76 bits per heavy atom. The maximum Gasteiger partial charge on any atom is 0.308 e. The van der Waals surface area contributed by atoms with Gasteiger partial charge in [0.15, 0.2) is 0 Å². The van der Waals surface area contributed by atoms with Crippen LogP contribution in [0.5, 0.6) is 0 Å². The van der Waals surface area contributed by atoms with Crippen molar-refractivity contribution in [1.29, 1.82) is 0 Å². The minimum atomic E-state index is -4.06. The molecule has 1 N–H and O–H groups in total. The van der Waals surface area contributed by atoms with Crippen LogP contribution in [0.2, 0.25) is 5.02 Å². The van der Waals surface area contributed by atoms with Crippen molar-refractivity contribution in [2.75, 3.05) is 16.2 Å². The fourth-order valence-electron chi connectivity index (χ4n) is 3.45. The van der Waals surface area contributed by atoms with Gasteiger partial charge in [-0.05, 0) is 49.4 Å². The molecule has 170 valence electrons. The molecule has 0 fully saturated rings. The van der Waals surface area contributed by atoms with Crippen molar-refractivity contribution in [3.63, 3.8) is 0 Å². The van der Waals surface area contributed by atoms with E-state index in [2.05, 4.69) is 5.32 Å². The lowest BCUT2D eigenvalue weighted by atomic mass is 10.3. The quantitative estimate of drug-likeness (QED) is 0.401. The van der Waals surface area contributed by atoms with E-state index in [-0.39, 0.29) is 20.5 Å². The Kier molecular flexibility index (Phi) is 6.55. The van der Waals surface area contributed by atoms with Crippen LogP contribution in [-0.2, 0) is 21.4 Å². The molecule has 0 atom stereocenters. The number of sulfonamides is 1. The number of thiazole rings is 1. The van der Waals surface area contributed by atoms with Gasteiger partial charge < -0.3 is 5.32 Å². The number of aryl methyl sites for hydroxylation is 1. The smallest absolute Gasteiger partial charge is 0.308 e. The van der Waals surface area contributed by atoms with Crippen LogP contribution in [0.1, 0.15) is 6.92 Å². The van der Waals surface area contributed by atoms with Gasteiger partial charge in [-0.25, -0.2) is 8.42 Å². The van der Waals surface area contributed by atoms with Crippen molar-refractivity contribution < 1.29 is 13.2 Å². The van der Waals surface area contributed by atoms with Crippen LogP contribution < -0.4 is 14.5 Å². The molecule has 0 unspecified atom stereocenters. The highest BCUT2D eigenvalue weighted by Crippen LogP contribution is 2.30. The monoisotopic (exact) mass is 501 g/mol. The fourth-order valence-corrected chi connectivity index (χ4v) is 6.19. The molecule has 0 aliphatic carbocycles. The van der Waals surface area contributed by atoms with E-state index in [1.807, 2.05) is 6.92 Å². The highest BCUT2D eigenvalue weighted by molar-refractivity contribution is 7.92. The third-order valence-electron chi connectivity index (χ3n) is 5.01. The average molecular weight is 502 g/mol. The molecular weight excluding hydrogens is 482 g/mol. The normalized spacial score (nSPS) is 11.5. The zero-order valence-corrected chi connectivity index (χ0v) is 20.0. The SMILES string of the molecule is CCn1c(=O)sc2cc(NC(=O)CN(c3ccccc3Cl)S(=O)(=O)c3ccccc3)ccc21. The molecule has 33 heavy (non-hydrogen) atoms. The molecule has 3 aromatic carbocycles. The van der Waals surface area contributed by atoms with Gasteiger partial charge >= 0.3 is 4.87 Å². The number of nitrogens with one attached hydrogen (secondary N) is 1. The highest BCUT2D eigenvalue weighted by atomic mass is 35.5. The predicted octanol–water partition coefficient (Wildman–Crippen LogP) is 4.57. The zero-order chi connectivity index (χ0) is 23.6. The van der Waals surface area contributed by atoms with Gasteiger partial charge in [0, 0.05) is 12.2 Å². The molecule has 0 bridgehead atoms. The van der Waals surface area contributed by atoms with Crippen molar-refractivity contribution in [2.24, 2.45) is 0 Å². The van der Waals surface area contributed by atoms with Crippen LogP contribution in [0.4, 0.5) is 11.4 Å². The Bertz CT molecular complexity index is 1480. The van der Waals surface area contributed by atoms with Gasteiger partial charge in [0.05, 0.1) is 25.8 Å². The summed E-state index contributed by atoms with van der Waals surface area (Å²) in [5.74, 6) is -0.545. The largest absolute Gasteiger partial charge is 0.324 e. The summed E-state index contributed by atoms with van der Waals surface area (Å²) in [6, 6.07) is 19.5. The van der Waals surface area contributed by atoms with Gasteiger partial charge in [0.25, 0.3) is 10.0 Å². The number of hydrogen-bond donors (Lipinski definition) is 1. The minimum absolute atomic E-state index is 0.0461. The zero-order valence-electron chi connectivity index (χ0n) is 17.6. The van der Waals surface area contributed by atoms with Gasteiger partial charge in [0.1, 0.15) is 6.54 Å². The summed E-state index contributed by atoms with van der Waals surface area (Å²) in [4.78, 5) is 25.0. The van der Waals surface area contributed by atoms with Crippen LogP contribution in [-0.4, -0.2) is 25.4 Å². The fraction of sp³-hybridized carbons (Fsp3) is 0.130. The maximum atomic E-state index is 13.4. The number of nitrogens with zero attached hydrogens (tertiary/aromatic N) is 2. The lowest BCUT2D eigenvalue weighted by molar-refractivity contribution is -0.114. The molecular formula is C23H20ClN3O4S2. The van der Waals surface area contributed by atoms with E-state index in [0.29, 0.717) is 12.2 Å². The molecule has 1 heterocycles. The van der Waals surface area contributed by atoms with Crippen molar-refractivity contribution in [3.05, 3.63) is 87.5 Å². The molecule has 0 spiro atoms. The molecule has 10 heteroatoms. The van der Waals surface area contributed by atoms with Crippen LogP contribution in [0.3, 0.4) is 0 Å². The van der Waals surface area contributed by atoms with E-state index in [9.17, 15) is 18.0 Å². The number of rotatable bonds is 7. The first-order valence-corrected chi connectivity index (χ1v) is 12.7. The molecule has 1 aromatic heterocycles. The maximum absolute atomic E-state index is 13.4. The number of aromatic nitrogens is 1. The van der Waals surface area contributed by atoms with E-state index in [4.69, 9.17) is 11.6 Å². The number of benzene rings is 3. The second-order valence-corrected chi connectivity index (χ2v) is 10.4. The Hall–Kier alpha value is -3.14. The number of anilines is 2. The first-order valence-electron chi connectivity index (χ1n) is 10.1. The summed E-state index contributed by atoms with van der Waals surface area (Å²) in [7, 11) is -4.06. The first-order chi connectivity index (χ1) is 15.8. The lowest BCUT2D eigenvalue weighted by Gasteiger charge is -2.25. The molecule has 0 radical (unpaired) electrons. The van der Waals surface area contributed by atoms with E-state index in [1.165, 1.54) is 12.1 Å². The van der Waals surface area contributed by atoms with Gasteiger partial charge in [0.2, 0.25) is 5.91 Å². The number of amides is 1. The van der Waals surface area contributed by atoms with Crippen LogP contribution in [0.15, 0.2) is 82.5 Å². The molecule has 1 amide bonds.